The van der Waals surface area contributed by atoms with Crippen molar-refractivity contribution in [2.24, 2.45) is 5.92 Å². The lowest BCUT2D eigenvalue weighted by Crippen LogP contribution is -2.54. The zero-order valence-corrected chi connectivity index (χ0v) is 14.0. The standard InChI is InChI=1S/C16H29N3O3/c1-16(2,3)18-15(21)19-9-5-10-22-11-8-17-14(20)12-6-4-7-13(12)19/h12-13H,4-11H2,1-3H3,(H,17,20)(H,18,21)/t12-,13+/m1/s1. The molecule has 0 aromatic heterocycles. The van der Waals surface area contributed by atoms with Crippen LogP contribution in [0.5, 0.6) is 0 Å². The number of urea groups is 1. The van der Waals surface area contributed by atoms with Crippen LogP contribution in [-0.4, -0.2) is 54.7 Å². The molecule has 0 aromatic carbocycles. The fourth-order valence-electron chi connectivity index (χ4n) is 3.25. The van der Waals surface area contributed by atoms with Crippen molar-refractivity contribution < 1.29 is 14.3 Å². The van der Waals surface area contributed by atoms with E-state index in [1.807, 2.05) is 25.7 Å². The summed E-state index contributed by atoms with van der Waals surface area (Å²) in [6.07, 6.45) is 3.56. The number of carbonyl (C=O) groups excluding carboxylic acids is 2. The molecule has 3 amide bonds. The molecule has 2 atom stereocenters. The third-order valence-corrected chi connectivity index (χ3v) is 4.19. The van der Waals surface area contributed by atoms with Crippen LogP contribution in [0.15, 0.2) is 0 Å². The molecular formula is C16H29N3O3. The van der Waals surface area contributed by atoms with Gasteiger partial charge < -0.3 is 20.3 Å². The molecule has 0 aromatic rings. The minimum atomic E-state index is -0.282. The van der Waals surface area contributed by atoms with Crippen LogP contribution in [-0.2, 0) is 9.53 Å². The van der Waals surface area contributed by atoms with Gasteiger partial charge in [0.25, 0.3) is 0 Å². The summed E-state index contributed by atoms with van der Waals surface area (Å²) in [6.45, 7) is 8.26. The average Bonchev–Trinajstić information content (AvgIpc) is 2.87. The number of carbonyl (C=O) groups is 2. The fraction of sp³-hybridized carbons (Fsp3) is 0.875. The predicted octanol–water partition coefficient (Wildman–Crippen LogP) is 1.50. The van der Waals surface area contributed by atoms with Crippen LogP contribution in [0, 0.1) is 5.92 Å². The lowest BCUT2D eigenvalue weighted by atomic mass is 10.0. The summed E-state index contributed by atoms with van der Waals surface area (Å²) in [5.41, 5.74) is -0.282. The Morgan fingerprint density at radius 1 is 1.27 bits per heavy atom. The van der Waals surface area contributed by atoms with Gasteiger partial charge >= 0.3 is 6.03 Å². The van der Waals surface area contributed by atoms with Gasteiger partial charge in [-0.05, 0) is 40.0 Å². The summed E-state index contributed by atoms with van der Waals surface area (Å²) < 4.78 is 5.49. The van der Waals surface area contributed by atoms with Gasteiger partial charge in [-0.1, -0.05) is 6.42 Å². The van der Waals surface area contributed by atoms with Gasteiger partial charge in [0.1, 0.15) is 0 Å². The Labute approximate surface area is 132 Å². The minimum absolute atomic E-state index is 0.000417. The van der Waals surface area contributed by atoms with Crippen molar-refractivity contribution in [3.8, 4) is 0 Å². The molecule has 0 bridgehead atoms. The van der Waals surface area contributed by atoms with E-state index < -0.39 is 0 Å². The lowest BCUT2D eigenvalue weighted by Gasteiger charge is -2.35. The first-order valence-corrected chi connectivity index (χ1v) is 8.33. The van der Waals surface area contributed by atoms with Gasteiger partial charge in [-0.15, -0.1) is 0 Å². The maximum Gasteiger partial charge on any atom is 0.318 e. The Bertz CT molecular complexity index is 406. The minimum Gasteiger partial charge on any atom is -0.380 e. The third-order valence-electron chi connectivity index (χ3n) is 4.19. The molecule has 1 aliphatic carbocycles. The second-order valence-corrected chi connectivity index (χ2v) is 7.24. The van der Waals surface area contributed by atoms with E-state index in [9.17, 15) is 9.59 Å². The summed E-state index contributed by atoms with van der Waals surface area (Å²) in [4.78, 5) is 26.9. The highest BCUT2D eigenvalue weighted by atomic mass is 16.5. The van der Waals surface area contributed by atoms with Crippen molar-refractivity contribution in [1.82, 2.24) is 15.5 Å². The summed E-state index contributed by atoms with van der Waals surface area (Å²) >= 11 is 0. The molecule has 1 heterocycles. The molecule has 6 heteroatoms. The number of hydrogen-bond donors (Lipinski definition) is 2. The van der Waals surface area contributed by atoms with E-state index in [1.54, 1.807) is 0 Å². The van der Waals surface area contributed by atoms with Crippen molar-refractivity contribution in [3.63, 3.8) is 0 Å². The van der Waals surface area contributed by atoms with Gasteiger partial charge in [0.05, 0.1) is 12.5 Å². The first kappa shape index (κ1) is 17.1. The van der Waals surface area contributed by atoms with Crippen molar-refractivity contribution >= 4 is 11.9 Å². The molecule has 2 N–H and O–H groups in total. The predicted molar refractivity (Wildman–Crippen MR) is 84.6 cm³/mol. The van der Waals surface area contributed by atoms with Crippen LogP contribution in [0.2, 0.25) is 0 Å². The van der Waals surface area contributed by atoms with Gasteiger partial charge in [-0.2, -0.15) is 0 Å². The Kier molecular flexibility index (Phi) is 5.67. The van der Waals surface area contributed by atoms with Crippen LogP contribution in [0.1, 0.15) is 46.5 Å². The number of nitrogens with zero attached hydrogens (tertiary/aromatic N) is 1. The topological polar surface area (TPSA) is 70.7 Å². The molecule has 22 heavy (non-hydrogen) atoms. The summed E-state index contributed by atoms with van der Waals surface area (Å²) in [5.74, 6) is -0.0367. The van der Waals surface area contributed by atoms with E-state index in [0.29, 0.717) is 26.3 Å². The summed E-state index contributed by atoms with van der Waals surface area (Å²) in [7, 11) is 0. The number of hydrogen-bond acceptors (Lipinski definition) is 3. The third kappa shape index (κ3) is 4.60. The van der Waals surface area contributed by atoms with E-state index in [-0.39, 0.29) is 29.4 Å². The molecule has 1 saturated heterocycles. The summed E-state index contributed by atoms with van der Waals surface area (Å²) in [5, 5.41) is 5.97. The van der Waals surface area contributed by atoms with Crippen LogP contribution >= 0.6 is 0 Å². The number of fused-ring (bicyclic) bond motifs is 1. The number of rotatable bonds is 0. The van der Waals surface area contributed by atoms with Gasteiger partial charge in [0, 0.05) is 31.3 Å². The van der Waals surface area contributed by atoms with Crippen molar-refractivity contribution in [3.05, 3.63) is 0 Å². The van der Waals surface area contributed by atoms with E-state index in [2.05, 4.69) is 10.6 Å². The van der Waals surface area contributed by atoms with Crippen LogP contribution in [0.3, 0.4) is 0 Å². The molecule has 0 radical (unpaired) electrons. The van der Waals surface area contributed by atoms with E-state index in [0.717, 1.165) is 25.7 Å². The van der Waals surface area contributed by atoms with Gasteiger partial charge in [-0.3, -0.25) is 4.79 Å². The molecule has 0 unspecified atom stereocenters. The molecule has 1 aliphatic heterocycles. The smallest absolute Gasteiger partial charge is 0.318 e. The zero-order valence-electron chi connectivity index (χ0n) is 14.0. The molecule has 2 fully saturated rings. The number of ether oxygens (including phenoxy) is 1. The highest BCUT2D eigenvalue weighted by molar-refractivity contribution is 5.81. The second-order valence-electron chi connectivity index (χ2n) is 7.24. The largest absolute Gasteiger partial charge is 0.380 e. The SMILES string of the molecule is CC(C)(C)NC(=O)N1CCCOCCNC(=O)[C@@H]2CCC[C@@H]21. The zero-order chi connectivity index (χ0) is 16.2. The van der Waals surface area contributed by atoms with Crippen LogP contribution in [0.4, 0.5) is 4.79 Å². The number of nitrogens with one attached hydrogen (secondary N) is 2. The maximum atomic E-state index is 12.7. The Morgan fingerprint density at radius 3 is 2.77 bits per heavy atom. The normalized spacial score (nSPS) is 27.6. The molecular weight excluding hydrogens is 282 g/mol. The van der Waals surface area contributed by atoms with Crippen molar-refractivity contribution in [2.75, 3.05) is 26.3 Å². The number of amides is 3. The lowest BCUT2D eigenvalue weighted by molar-refractivity contribution is -0.126. The molecule has 2 rings (SSSR count). The quantitative estimate of drug-likeness (QED) is 0.712. The van der Waals surface area contributed by atoms with Crippen LogP contribution < -0.4 is 10.6 Å². The van der Waals surface area contributed by atoms with Gasteiger partial charge in [0.2, 0.25) is 5.91 Å². The monoisotopic (exact) mass is 311 g/mol. The van der Waals surface area contributed by atoms with Crippen molar-refractivity contribution in [2.45, 2.75) is 58.0 Å². The first-order valence-electron chi connectivity index (χ1n) is 8.33. The Hall–Kier alpha value is -1.30. The Balaban J connectivity index is 2.14. The van der Waals surface area contributed by atoms with E-state index in [1.165, 1.54) is 0 Å². The van der Waals surface area contributed by atoms with E-state index in [4.69, 9.17) is 4.74 Å². The van der Waals surface area contributed by atoms with Crippen LogP contribution in [0.25, 0.3) is 0 Å². The molecule has 2 aliphatic rings. The molecule has 0 spiro atoms. The second kappa shape index (κ2) is 7.31. The summed E-state index contributed by atoms with van der Waals surface area (Å²) in [6, 6.07) is -0.0723. The molecule has 126 valence electrons. The highest BCUT2D eigenvalue weighted by Crippen LogP contribution is 2.31. The Morgan fingerprint density at radius 2 is 2.05 bits per heavy atom. The first-order chi connectivity index (χ1) is 10.4. The fourth-order valence-corrected chi connectivity index (χ4v) is 3.25. The van der Waals surface area contributed by atoms with Gasteiger partial charge in [-0.25, -0.2) is 4.79 Å². The average molecular weight is 311 g/mol. The van der Waals surface area contributed by atoms with Crippen molar-refractivity contribution in [1.29, 1.82) is 0 Å². The van der Waals surface area contributed by atoms with E-state index >= 15 is 0 Å². The highest BCUT2D eigenvalue weighted by Gasteiger charge is 2.39. The molecule has 1 saturated carbocycles. The van der Waals surface area contributed by atoms with Gasteiger partial charge in [0.15, 0.2) is 0 Å². The molecule has 6 nitrogen and oxygen atoms in total. The maximum absolute atomic E-state index is 12.7.